The van der Waals surface area contributed by atoms with E-state index in [0.717, 1.165) is 12.8 Å². The van der Waals surface area contributed by atoms with E-state index >= 15 is 0 Å². The minimum Gasteiger partial charge on any atom is -0.448 e. The summed E-state index contributed by atoms with van der Waals surface area (Å²) in [6.07, 6.45) is 2.20. The molecule has 4 nitrogen and oxygen atoms in total. The van der Waals surface area contributed by atoms with Crippen LogP contribution in [0.2, 0.25) is 6.32 Å². The number of esters is 1. The molecule has 2 atom stereocenters. The summed E-state index contributed by atoms with van der Waals surface area (Å²) in [5.41, 5.74) is -0.919. The van der Waals surface area contributed by atoms with E-state index in [1.54, 1.807) is 11.8 Å². The largest absolute Gasteiger partial charge is 0.448 e. The maximum absolute atomic E-state index is 12.0. The maximum Gasteiger partial charge on any atom is 0.329 e. The summed E-state index contributed by atoms with van der Waals surface area (Å²) in [4.78, 5) is 25.2. The number of amides is 1. The quantitative estimate of drug-likeness (QED) is 0.412. The highest BCUT2D eigenvalue weighted by molar-refractivity contribution is 6.13. The molecule has 0 radical (unpaired) electrons. The van der Waals surface area contributed by atoms with E-state index in [9.17, 15) is 9.59 Å². The molecular weight excluding hydrogens is 181 g/mol. The number of carbonyl (C=O) groups is 2. The van der Waals surface area contributed by atoms with Crippen molar-refractivity contribution in [1.82, 2.24) is 4.90 Å². The molecule has 0 spiro atoms. The first kappa shape index (κ1) is 9.56. The van der Waals surface area contributed by atoms with Crippen molar-refractivity contribution >= 4 is 19.7 Å². The van der Waals surface area contributed by atoms with E-state index in [1.807, 2.05) is 7.85 Å². The third-order valence-corrected chi connectivity index (χ3v) is 3.24. The Hall–Kier alpha value is -0.995. The van der Waals surface area contributed by atoms with Gasteiger partial charge in [-0.05, 0) is 26.1 Å². The lowest BCUT2D eigenvalue weighted by molar-refractivity contribution is -0.186. The summed E-state index contributed by atoms with van der Waals surface area (Å²) < 4.78 is 5.22. The van der Waals surface area contributed by atoms with E-state index < -0.39 is 5.60 Å². The first-order valence-electron chi connectivity index (χ1n) is 5.12. The van der Waals surface area contributed by atoms with Crippen LogP contribution in [0.15, 0.2) is 0 Å². The molecule has 76 valence electrons. The van der Waals surface area contributed by atoms with Crippen LogP contribution in [0.5, 0.6) is 0 Å². The molecule has 2 heterocycles. The molecule has 0 aromatic heterocycles. The molecule has 14 heavy (non-hydrogen) atoms. The Morgan fingerprint density at radius 1 is 1.64 bits per heavy atom. The molecule has 0 N–H and O–H groups in total. The number of hydrogen-bond acceptors (Lipinski definition) is 3. The van der Waals surface area contributed by atoms with Gasteiger partial charge in [0.2, 0.25) is 0 Å². The van der Waals surface area contributed by atoms with Crippen molar-refractivity contribution in [2.24, 2.45) is 0 Å². The van der Waals surface area contributed by atoms with Crippen molar-refractivity contribution < 1.29 is 14.3 Å². The van der Waals surface area contributed by atoms with Crippen LogP contribution in [0.4, 0.5) is 0 Å². The van der Waals surface area contributed by atoms with E-state index in [4.69, 9.17) is 4.74 Å². The third kappa shape index (κ3) is 1.15. The van der Waals surface area contributed by atoms with Crippen LogP contribution in [0.1, 0.15) is 19.8 Å². The third-order valence-electron chi connectivity index (χ3n) is 3.24. The summed E-state index contributed by atoms with van der Waals surface area (Å²) in [6.45, 7) is 2.40. The molecule has 2 fully saturated rings. The van der Waals surface area contributed by atoms with E-state index in [-0.39, 0.29) is 17.9 Å². The highest BCUT2D eigenvalue weighted by Crippen LogP contribution is 2.31. The van der Waals surface area contributed by atoms with E-state index in [2.05, 4.69) is 0 Å². The minimum atomic E-state index is -0.919. The number of nitrogens with zero attached hydrogens (tertiary/aromatic N) is 1. The van der Waals surface area contributed by atoms with Gasteiger partial charge < -0.3 is 9.64 Å². The fourth-order valence-corrected chi connectivity index (χ4v) is 2.12. The van der Waals surface area contributed by atoms with Gasteiger partial charge >= 0.3 is 5.97 Å². The van der Waals surface area contributed by atoms with Crippen LogP contribution in [0.3, 0.4) is 0 Å². The lowest BCUT2D eigenvalue weighted by Crippen LogP contribution is -2.59. The molecule has 1 amide bonds. The number of rotatable bonds is 1. The van der Waals surface area contributed by atoms with Gasteiger partial charge in [-0.25, -0.2) is 4.79 Å². The number of carbonyl (C=O) groups excluding carboxylic acids is 2. The second-order valence-corrected chi connectivity index (χ2v) is 4.16. The van der Waals surface area contributed by atoms with Crippen molar-refractivity contribution in [2.75, 3.05) is 6.54 Å². The standard InChI is InChI=1S/C9H14BNO3/c1-9(5-10)8(13)11-4-2-3-6(11)7(12)14-9/h6H,2-5,10H2,1H3/t6-,9+/m0/s1. The second kappa shape index (κ2) is 3.00. The Balaban J connectivity index is 2.29. The summed E-state index contributed by atoms with van der Waals surface area (Å²) in [7, 11) is 1.86. The zero-order valence-corrected chi connectivity index (χ0v) is 8.58. The number of cyclic esters (lactones) is 1. The Labute approximate surface area is 84.0 Å². The highest BCUT2D eigenvalue weighted by atomic mass is 16.6. The molecule has 5 heteroatoms. The van der Waals surface area contributed by atoms with Crippen molar-refractivity contribution in [3.63, 3.8) is 0 Å². The molecule has 0 aromatic carbocycles. The summed E-state index contributed by atoms with van der Waals surface area (Å²) >= 11 is 0. The average molecular weight is 195 g/mol. The SMILES string of the molecule is BC[C@@]1(C)OC(=O)[C@@H]2CCCN2C1=O. The Morgan fingerprint density at radius 3 is 3.00 bits per heavy atom. The average Bonchev–Trinajstić information content (AvgIpc) is 2.63. The number of hydrogen-bond donors (Lipinski definition) is 0. The zero-order valence-electron chi connectivity index (χ0n) is 8.58. The van der Waals surface area contributed by atoms with Crippen molar-refractivity contribution in [2.45, 2.75) is 37.7 Å². The van der Waals surface area contributed by atoms with Gasteiger partial charge in [0.05, 0.1) is 0 Å². The lowest BCUT2D eigenvalue weighted by Gasteiger charge is -2.39. The molecule has 0 bridgehead atoms. The van der Waals surface area contributed by atoms with Gasteiger partial charge in [-0.1, -0.05) is 0 Å². The monoisotopic (exact) mass is 195 g/mol. The van der Waals surface area contributed by atoms with Crippen LogP contribution < -0.4 is 0 Å². The molecule has 0 aliphatic carbocycles. The number of fused-ring (bicyclic) bond motifs is 1. The fraction of sp³-hybridized carbons (Fsp3) is 0.778. The molecule has 0 aromatic rings. The van der Waals surface area contributed by atoms with Crippen LogP contribution in [-0.4, -0.2) is 42.8 Å². The lowest BCUT2D eigenvalue weighted by atomic mass is 9.85. The molecule has 0 saturated carbocycles. The minimum absolute atomic E-state index is 0.0258. The predicted octanol–water partition coefficient (Wildman–Crippen LogP) is -0.656. The van der Waals surface area contributed by atoms with Gasteiger partial charge in [-0.15, -0.1) is 0 Å². The van der Waals surface area contributed by atoms with Gasteiger partial charge in [0, 0.05) is 6.54 Å². The van der Waals surface area contributed by atoms with Crippen LogP contribution in [0.25, 0.3) is 0 Å². The number of ether oxygens (including phenoxy) is 1. The van der Waals surface area contributed by atoms with Crippen LogP contribution >= 0.6 is 0 Å². The van der Waals surface area contributed by atoms with Crippen molar-refractivity contribution in [3.05, 3.63) is 0 Å². The van der Waals surface area contributed by atoms with Gasteiger partial charge in [-0.3, -0.25) is 4.79 Å². The molecule has 2 saturated heterocycles. The van der Waals surface area contributed by atoms with Gasteiger partial charge in [0.1, 0.15) is 13.9 Å². The molecule has 0 unspecified atom stereocenters. The van der Waals surface area contributed by atoms with Crippen LogP contribution in [0, 0.1) is 0 Å². The van der Waals surface area contributed by atoms with Crippen molar-refractivity contribution in [1.29, 1.82) is 0 Å². The molecule has 2 aliphatic heterocycles. The van der Waals surface area contributed by atoms with Gasteiger partial charge in [0.15, 0.2) is 5.60 Å². The first-order chi connectivity index (χ1) is 6.58. The normalized spacial score (nSPS) is 36.9. The summed E-state index contributed by atoms with van der Waals surface area (Å²) in [5, 5.41) is 0. The maximum atomic E-state index is 12.0. The zero-order chi connectivity index (χ0) is 10.3. The summed E-state index contributed by atoms with van der Waals surface area (Å²) in [5.74, 6) is -0.256. The number of morpholine rings is 1. The Morgan fingerprint density at radius 2 is 2.36 bits per heavy atom. The Kier molecular flexibility index (Phi) is 2.05. The van der Waals surface area contributed by atoms with Crippen LogP contribution in [-0.2, 0) is 14.3 Å². The molecular formula is C9H14BNO3. The van der Waals surface area contributed by atoms with E-state index in [0.29, 0.717) is 12.9 Å². The predicted molar refractivity (Wildman–Crippen MR) is 52.6 cm³/mol. The van der Waals surface area contributed by atoms with E-state index in [1.165, 1.54) is 0 Å². The molecule has 2 aliphatic rings. The highest BCUT2D eigenvalue weighted by Gasteiger charge is 2.50. The molecule has 2 rings (SSSR count). The van der Waals surface area contributed by atoms with Crippen molar-refractivity contribution in [3.8, 4) is 0 Å². The first-order valence-corrected chi connectivity index (χ1v) is 5.12. The Bertz CT molecular complexity index is 294. The smallest absolute Gasteiger partial charge is 0.329 e. The van der Waals surface area contributed by atoms with Gasteiger partial charge in [-0.2, -0.15) is 0 Å². The fourth-order valence-electron chi connectivity index (χ4n) is 2.12. The second-order valence-electron chi connectivity index (χ2n) is 4.16. The topological polar surface area (TPSA) is 46.6 Å². The summed E-state index contributed by atoms with van der Waals surface area (Å²) in [6, 6.07) is -0.304. The van der Waals surface area contributed by atoms with Gasteiger partial charge in [0.25, 0.3) is 5.91 Å².